The van der Waals surface area contributed by atoms with Crippen LogP contribution in [0.15, 0.2) is 12.1 Å². The van der Waals surface area contributed by atoms with Gasteiger partial charge in [0.1, 0.15) is 0 Å². The minimum Gasteiger partial charge on any atom is -0.369 e. The number of aromatic nitrogens is 1. The number of rotatable bonds is 3. The largest absolute Gasteiger partial charge is 0.369 e. The molecule has 6 heteroatoms. The number of amides is 2. The number of anilines is 1. The number of primary amides is 1. The molecule has 1 aliphatic heterocycles. The number of nitrogens with zero attached hydrogens (tertiary/aromatic N) is 1. The maximum Gasteiger partial charge on any atom is 0.296 e. The molecule has 1 atom stereocenters. The molecule has 1 unspecified atom stereocenters. The number of aromatic amines is 1. The number of fused-ring (bicyclic) bond motifs is 1. The van der Waals surface area contributed by atoms with Crippen molar-refractivity contribution in [3.05, 3.63) is 29.0 Å². The molecular formula is C20H24N4O2. The lowest BCUT2D eigenvalue weighted by Gasteiger charge is -2.35. The summed E-state index contributed by atoms with van der Waals surface area (Å²) in [6, 6.07) is 3.79. The van der Waals surface area contributed by atoms with Crippen molar-refractivity contribution in [1.82, 2.24) is 10.3 Å². The van der Waals surface area contributed by atoms with Crippen LogP contribution in [0.1, 0.15) is 41.4 Å². The van der Waals surface area contributed by atoms with Crippen molar-refractivity contribution >= 4 is 28.4 Å². The third kappa shape index (κ3) is 3.25. The summed E-state index contributed by atoms with van der Waals surface area (Å²) in [5.74, 6) is 4.49. The van der Waals surface area contributed by atoms with E-state index >= 15 is 0 Å². The molecule has 0 radical (unpaired) electrons. The lowest BCUT2D eigenvalue weighted by atomic mass is 10.0. The van der Waals surface area contributed by atoms with Crippen LogP contribution in [0.2, 0.25) is 0 Å². The van der Waals surface area contributed by atoms with Crippen molar-refractivity contribution in [2.45, 2.75) is 39.7 Å². The Morgan fingerprint density at radius 1 is 1.35 bits per heavy atom. The lowest BCUT2D eigenvalue weighted by Crippen LogP contribution is -2.47. The Morgan fingerprint density at radius 2 is 2.12 bits per heavy atom. The molecular weight excluding hydrogens is 328 g/mol. The summed E-state index contributed by atoms with van der Waals surface area (Å²) in [5.41, 5.74) is 10.0. The molecule has 3 rings (SSSR count). The molecule has 1 fully saturated rings. The Labute approximate surface area is 153 Å². The number of nitrogens with one attached hydrogen (secondary N) is 2. The monoisotopic (exact) mass is 352 g/mol. The average Bonchev–Trinajstić information content (AvgIpc) is 2.89. The predicted molar refractivity (Wildman–Crippen MR) is 103 cm³/mol. The van der Waals surface area contributed by atoms with Crippen LogP contribution >= 0.6 is 0 Å². The fourth-order valence-corrected chi connectivity index (χ4v) is 3.69. The highest BCUT2D eigenvalue weighted by molar-refractivity contribution is 6.10. The summed E-state index contributed by atoms with van der Waals surface area (Å²) in [7, 11) is 0. The smallest absolute Gasteiger partial charge is 0.296 e. The molecule has 4 N–H and O–H groups in total. The Hall–Kier alpha value is -2.94. The van der Waals surface area contributed by atoms with E-state index in [4.69, 9.17) is 5.73 Å². The SMILES string of the molecule is CC#CC(=O)NC1CCCN(c2ccc(C(N)=O)c3[nH]c(C)c(C)c23)C1. The Bertz CT molecular complexity index is 933. The molecule has 1 aromatic heterocycles. The van der Waals surface area contributed by atoms with Gasteiger partial charge in [-0.2, -0.15) is 0 Å². The Kier molecular flexibility index (Phi) is 4.90. The highest BCUT2D eigenvalue weighted by atomic mass is 16.1. The van der Waals surface area contributed by atoms with E-state index in [1.165, 1.54) is 0 Å². The summed E-state index contributed by atoms with van der Waals surface area (Å²) in [6.45, 7) is 7.31. The van der Waals surface area contributed by atoms with Crippen LogP contribution in [0.25, 0.3) is 10.9 Å². The predicted octanol–water partition coefficient (Wildman–Crippen LogP) is 1.99. The molecule has 0 saturated carbocycles. The summed E-state index contributed by atoms with van der Waals surface area (Å²) in [6.07, 6.45) is 1.91. The van der Waals surface area contributed by atoms with Gasteiger partial charge in [-0.3, -0.25) is 9.59 Å². The summed E-state index contributed by atoms with van der Waals surface area (Å²) >= 11 is 0. The van der Waals surface area contributed by atoms with Crippen LogP contribution in [0.5, 0.6) is 0 Å². The molecule has 1 aromatic carbocycles. The van der Waals surface area contributed by atoms with Gasteiger partial charge in [0, 0.05) is 35.9 Å². The van der Waals surface area contributed by atoms with Gasteiger partial charge in [-0.15, -0.1) is 0 Å². The van der Waals surface area contributed by atoms with Crippen molar-refractivity contribution in [3.63, 3.8) is 0 Å². The summed E-state index contributed by atoms with van der Waals surface area (Å²) in [5, 5.41) is 4.01. The lowest BCUT2D eigenvalue weighted by molar-refractivity contribution is -0.116. The van der Waals surface area contributed by atoms with Crippen LogP contribution in [-0.2, 0) is 4.79 Å². The second-order valence-electron chi connectivity index (χ2n) is 6.76. The number of nitrogens with two attached hydrogens (primary N) is 1. The maximum atomic E-state index is 11.8. The van der Waals surface area contributed by atoms with E-state index in [0.717, 1.165) is 47.2 Å². The standard InChI is InChI=1S/C20H24N4O2/c1-4-6-17(25)23-14-7-5-10-24(11-14)16-9-8-15(20(21)26)19-18(16)12(2)13(3)22-19/h8-9,14,22H,5,7,10-11H2,1-3H3,(H2,21,26)(H,23,25). The van der Waals surface area contributed by atoms with Gasteiger partial charge in [-0.25, -0.2) is 0 Å². The van der Waals surface area contributed by atoms with Gasteiger partial charge >= 0.3 is 0 Å². The van der Waals surface area contributed by atoms with Gasteiger partial charge in [0.2, 0.25) is 0 Å². The quantitative estimate of drug-likeness (QED) is 0.738. The molecule has 0 bridgehead atoms. The van der Waals surface area contributed by atoms with E-state index in [1.807, 2.05) is 19.9 Å². The van der Waals surface area contributed by atoms with Crippen LogP contribution in [-0.4, -0.2) is 35.9 Å². The number of piperidine rings is 1. The van der Waals surface area contributed by atoms with Crippen molar-refractivity contribution in [2.75, 3.05) is 18.0 Å². The minimum atomic E-state index is -0.440. The maximum absolute atomic E-state index is 11.8. The van der Waals surface area contributed by atoms with E-state index in [2.05, 4.69) is 27.0 Å². The highest BCUT2D eigenvalue weighted by Gasteiger charge is 2.25. The third-order valence-electron chi connectivity index (χ3n) is 5.03. The Morgan fingerprint density at radius 3 is 2.81 bits per heavy atom. The number of H-pyrrole nitrogens is 1. The molecule has 1 saturated heterocycles. The number of benzene rings is 1. The van der Waals surface area contributed by atoms with Crippen LogP contribution < -0.4 is 16.0 Å². The average molecular weight is 352 g/mol. The molecule has 2 amide bonds. The number of hydrogen-bond donors (Lipinski definition) is 3. The van der Waals surface area contributed by atoms with Gasteiger partial charge in [-0.1, -0.05) is 5.92 Å². The van der Waals surface area contributed by atoms with Crippen molar-refractivity contribution < 1.29 is 9.59 Å². The van der Waals surface area contributed by atoms with Gasteiger partial charge in [0.15, 0.2) is 0 Å². The van der Waals surface area contributed by atoms with Gasteiger partial charge in [0.25, 0.3) is 11.8 Å². The second-order valence-corrected chi connectivity index (χ2v) is 6.76. The van der Waals surface area contributed by atoms with Crippen molar-refractivity contribution in [1.29, 1.82) is 0 Å². The fraction of sp³-hybridized carbons (Fsp3) is 0.400. The van der Waals surface area contributed by atoms with Crippen molar-refractivity contribution in [3.8, 4) is 11.8 Å². The first kappa shape index (κ1) is 17.9. The zero-order chi connectivity index (χ0) is 18.8. The number of carbonyl (C=O) groups is 2. The molecule has 0 aliphatic carbocycles. The van der Waals surface area contributed by atoms with Crippen LogP contribution in [0.3, 0.4) is 0 Å². The van der Waals surface area contributed by atoms with E-state index in [1.54, 1.807) is 13.0 Å². The van der Waals surface area contributed by atoms with E-state index in [-0.39, 0.29) is 11.9 Å². The topological polar surface area (TPSA) is 91.2 Å². The zero-order valence-electron chi connectivity index (χ0n) is 15.4. The first-order valence-corrected chi connectivity index (χ1v) is 8.82. The fourth-order valence-electron chi connectivity index (χ4n) is 3.69. The first-order valence-electron chi connectivity index (χ1n) is 8.82. The van der Waals surface area contributed by atoms with E-state index in [0.29, 0.717) is 12.1 Å². The van der Waals surface area contributed by atoms with E-state index < -0.39 is 5.91 Å². The molecule has 6 nitrogen and oxygen atoms in total. The minimum absolute atomic E-state index is 0.0586. The van der Waals surface area contributed by atoms with Crippen LogP contribution in [0, 0.1) is 25.7 Å². The van der Waals surface area contributed by atoms with Crippen molar-refractivity contribution in [2.24, 2.45) is 5.73 Å². The van der Waals surface area contributed by atoms with Gasteiger partial charge in [-0.05, 0) is 57.2 Å². The number of hydrogen-bond acceptors (Lipinski definition) is 3. The Balaban J connectivity index is 1.97. The molecule has 26 heavy (non-hydrogen) atoms. The number of aryl methyl sites for hydroxylation is 2. The zero-order valence-corrected chi connectivity index (χ0v) is 15.4. The highest BCUT2D eigenvalue weighted by Crippen LogP contribution is 2.34. The van der Waals surface area contributed by atoms with Gasteiger partial charge < -0.3 is 20.9 Å². The molecule has 2 heterocycles. The second kappa shape index (κ2) is 7.12. The summed E-state index contributed by atoms with van der Waals surface area (Å²) < 4.78 is 0. The number of carbonyl (C=O) groups excluding carboxylic acids is 2. The molecule has 1 aliphatic rings. The molecule has 2 aromatic rings. The molecule has 136 valence electrons. The molecule has 0 spiro atoms. The van der Waals surface area contributed by atoms with Crippen LogP contribution in [0.4, 0.5) is 5.69 Å². The third-order valence-corrected chi connectivity index (χ3v) is 5.03. The summed E-state index contributed by atoms with van der Waals surface area (Å²) in [4.78, 5) is 29.1. The first-order chi connectivity index (χ1) is 12.4. The van der Waals surface area contributed by atoms with Gasteiger partial charge in [0.05, 0.1) is 11.1 Å². The van der Waals surface area contributed by atoms with E-state index in [9.17, 15) is 9.59 Å². The normalized spacial score (nSPS) is 16.9.